The van der Waals surface area contributed by atoms with Gasteiger partial charge in [-0.15, -0.1) is 0 Å². The molecule has 0 N–H and O–H groups in total. The van der Waals surface area contributed by atoms with Crippen molar-refractivity contribution in [3.05, 3.63) is 12.7 Å². The van der Waals surface area contributed by atoms with Crippen molar-refractivity contribution in [3.63, 3.8) is 0 Å². The fourth-order valence-electron chi connectivity index (χ4n) is 0.854. The summed E-state index contributed by atoms with van der Waals surface area (Å²) in [5.74, 6) is -0.576. The van der Waals surface area contributed by atoms with Crippen LogP contribution in [-0.2, 0) is 14.3 Å². The first-order valence-electron chi connectivity index (χ1n) is 4.70. The summed E-state index contributed by atoms with van der Waals surface area (Å²) in [4.78, 5) is 23.4. The minimum atomic E-state index is -0.741. The Morgan fingerprint density at radius 2 is 2.19 bits per heavy atom. The molecule has 0 unspecified atom stereocenters. The van der Waals surface area contributed by atoms with E-state index in [0.717, 1.165) is 4.90 Å². The van der Waals surface area contributed by atoms with Gasteiger partial charge in [-0.25, -0.2) is 4.79 Å². The van der Waals surface area contributed by atoms with E-state index in [1.54, 1.807) is 13.0 Å². The molecule has 0 saturated carbocycles. The molecule has 6 heteroatoms. The first-order chi connectivity index (χ1) is 7.65. The van der Waals surface area contributed by atoms with Crippen molar-refractivity contribution >= 4 is 12.1 Å². The molecule has 0 atom stereocenters. The lowest BCUT2D eigenvalue weighted by atomic mass is 10.5. The third-order valence-corrected chi connectivity index (χ3v) is 1.47. The molecule has 16 heavy (non-hydrogen) atoms. The number of carbonyl (C=O) groups excluding carboxylic acids is 2. The Bertz CT molecular complexity index is 296. The average Bonchev–Trinajstić information content (AvgIpc) is 2.25. The lowest BCUT2D eigenvalue weighted by molar-refractivity contribution is -0.143. The molecule has 0 aliphatic rings. The highest BCUT2D eigenvalue weighted by atomic mass is 16.6. The van der Waals surface area contributed by atoms with Crippen molar-refractivity contribution in [2.45, 2.75) is 6.92 Å². The van der Waals surface area contributed by atoms with Crippen LogP contribution in [0.5, 0.6) is 0 Å². The van der Waals surface area contributed by atoms with Crippen LogP contribution >= 0.6 is 0 Å². The second-order valence-electron chi connectivity index (χ2n) is 2.68. The summed E-state index contributed by atoms with van der Waals surface area (Å²) in [6, 6.07) is 1.76. The van der Waals surface area contributed by atoms with E-state index in [1.165, 1.54) is 6.08 Å². The quantitative estimate of drug-likeness (QED) is 0.378. The maximum absolute atomic E-state index is 11.3. The van der Waals surface area contributed by atoms with E-state index in [1.807, 2.05) is 0 Å². The molecular formula is C10H14N2O4. The van der Waals surface area contributed by atoms with Gasteiger partial charge >= 0.3 is 12.1 Å². The predicted octanol–water partition coefficient (Wildman–Crippen LogP) is 0.698. The molecule has 0 aliphatic carbocycles. The molecule has 0 heterocycles. The summed E-state index contributed by atoms with van der Waals surface area (Å²) in [6.07, 6.45) is 0.654. The molecule has 0 radical (unpaired) electrons. The van der Waals surface area contributed by atoms with Crippen molar-refractivity contribution in [1.82, 2.24) is 4.90 Å². The van der Waals surface area contributed by atoms with Gasteiger partial charge in [0.15, 0.2) is 0 Å². The lowest BCUT2D eigenvalue weighted by Crippen LogP contribution is -2.37. The number of amides is 1. The van der Waals surface area contributed by atoms with Crippen molar-refractivity contribution in [2.75, 3.05) is 26.3 Å². The summed E-state index contributed by atoms with van der Waals surface area (Å²) in [7, 11) is 0. The summed E-state index contributed by atoms with van der Waals surface area (Å²) in [5, 5.41) is 8.48. The average molecular weight is 226 g/mol. The molecule has 0 aromatic carbocycles. The van der Waals surface area contributed by atoms with Crippen molar-refractivity contribution in [2.24, 2.45) is 0 Å². The van der Waals surface area contributed by atoms with Crippen LogP contribution in [0.25, 0.3) is 0 Å². The summed E-state index contributed by atoms with van der Waals surface area (Å²) in [5.41, 5.74) is 0. The highest BCUT2D eigenvalue weighted by molar-refractivity contribution is 5.78. The summed E-state index contributed by atoms with van der Waals surface area (Å²) in [6.45, 7) is 4.76. The Hall–Kier alpha value is -2.03. The topological polar surface area (TPSA) is 79.6 Å². The summed E-state index contributed by atoms with van der Waals surface area (Å²) < 4.78 is 9.35. The Balaban J connectivity index is 4.25. The number of hydrogen-bond acceptors (Lipinski definition) is 5. The third-order valence-electron chi connectivity index (χ3n) is 1.47. The van der Waals surface area contributed by atoms with E-state index >= 15 is 0 Å². The number of carbonyl (C=O) groups is 2. The predicted molar refractivity (Wildman–Crippen MR) is 55.4 cm³/mol. The van der Waals surface area contributed by atoms with Gasteiger partial charge in [0, 0.05) is 0 Å². The van der Waals surface area contributed by atoms with E-state index < -0.39 is 12.1 Å². The first-order valence-corrected chi connectivity index (χ1v) is 4.70. The molecule has 0 aromatic heterocycles. The number of esters is 1. The fraction of sp³-hybridized carbons (Fsp3) is 0.500. The number of rotatable bonds is 6. The van der Waals surface area contributed by atoms with Gasteiger partial charge in [-0.1, -0.05) is 12.7 Å². The first kappa shape index (κ1) is 14.0. The monoisotopic (exact) mass is 226 g/mol. The van der Waals surface area contributed by atoms with E-state index in [4.69, 9.17) is 10.00 Å². The third kappa shape index (κ3) is 5.65. The van der Waals surface area contributed by atoms with Gasteiger partial charge in [0.1, 0.15) is 19.7 Å². The molecule has 1 amide bonds. The number of nitriles is 1. The molecule has 0 fully saturated rings. The molecule has 0 saturated heterocycles. The van der Waals surface area contributed by atoms with Crippen molar-refractivity contribution in [3.8, 4) is 6.07 Å². The highest BCUT2D eigenvalue weighted by Crippen LogP contribution is 1.95. The minimum absolute atomic E-state index is 0.0313. The maximum atomic E-state index is 11.3. The van der Waals surface area contributed by atoms with Crippen LogP contribution in [0.4, 0.5) is 4.79 Å². The summed E-state index contributed by atoms with van der Waals surface area (Å²) >= 11 is 0. The maximum Gasteiger partial charge on any atom is 0.411 e. The van der Waals surface area contributed by atoms with Crippen molar-refractivity contribution in [1.29, 1.82) is 5.26 Å². The van der Waals surface area contributed by atoms with Gasteiger partial charge in [0.25, 0.3) is 0 Å². The van der Waals surface area contributed by atoms with Crippen LogP contribution < -0.4 is 0 Å². The van der Waals surface area contributed by atoms with Crippen molar-refractivity contribution < 1.29 is 19.1 Å². The van der Waals surface area contributed by atoms with Gasteiger partial charge in [-0.05, 0) is 6.92 Å². The van der Waals surface area contributed by atoms with E-state index in [0.29, 0.717) is 0 Å². The second-order valence-corrected chi connectivity index (χ2v) is 2.68. The zero-order valence-corrected chi connectivity index (χ0v) is 9.14. The zero-order chi connectivity index (χ0) is 12.4. The smallest absolute Gasteiger partial charge is 0.411 e. The van der Waals surface area contributed by atoms with Gasteiger partial charge in [-0.2, -0.15) is 5.26 Å². The second kappa shape index (κ2) is 8.29. The standard InChI is InChI=1S/C10H14N2O4/c1-3-7-16-10(14)12(6-5-11)8-9(13)15-4-2/h3H,1,4,6-8H2,2H3. The Kier molecular flexibility index (Phi) is 7.24. The van der Waals surface area contributed by atoms with Gasteiger partial charge < -0.3 is 9.47 Å². The zero-order valence-electron chi connectivity index (χ0n) is 9.14. The minimum Gasteiger partial charge on any atom is -0.465 e. The van der Waals surface area contributed by atoms with Crippen LogP contribution in [0, 0.1) is 11.3 Å². The van der Waals surface area contributed by atoms with E-state index in [9.17, 15) is 9.59 Å². The van der Waals surface area contributed by atoms with Gasteiger partial charge in [0.2, 0.25) is 0 Å². The molecular weight excluding hydrogens is 212 g/mol. The van der Waals surface area contributed by atoms with Crippen LogP contribution in [0.2, 0.25) is 0 Å². The Morgan fingerprint density at radius 1 is 1.50 bits per heavy atom. The number of ether oxygens (including phenoxy) is 2. The van der Waals surface area contributed by atoms with E-state index in [-0.39, 0.29) is 26.3 Å². The molecule has 6 nitrogen and oxygen atoms in total. The fourth-order valence-corrected chi connectivity index (χ4v) is 0.854. The number of hydrogen-bond donors (Lipinski definition) is 0. The molecule has 0 aliphatic heterocycles. The molecule has 0 aromatic rings. The molecule has 0 rings (SSSR count). The SMILES string of the molecule is C=CCOC(=O)N(CC#N)CC(=O)OCC. The normalized spacial score (nSPS) is 8.75. The highest BCUT2D eigenvalue weighted by Gasteiger charge is 2.18. The van der Waals surface area contributed by atoms with E-state index in [2.05, 4.69) is 11.3 Å². The Morgan fingerprint density at radius 3 is 2.69 bits per heavy atom. The van der Waals surface area contributed by atoms with Crippen LogP contribution in [-0.4, -0.2) is 43.3 Å². The largest absolute Gasteiger partial charge is 0.465 e. The molecule has 0 bridgehead atoms. The van der Waals surface area contributed by atoms with Gasteiger partial charge in [0.05, 0.1) is 12.7 Å². The lowest BCUT2D eigenvalue weighted by Gasteiger charge is -2.17. The van der Waals surface area contributed by atoms with Crippen LogP contribution in [0.3, 0.4) is 0 Å². The Labute approximate surface area is 94.0 Å². The van der Waals surface area contributed by atoms with Crippen LogP contribution in [0.1, 0.15) is 6.92 Å². The molecule has 88 valence electrons. The molecule has 0 spiro atoms. The van der Waals surface area contributed by atoms with Gasteiger partial charge in [-0.3, -0.25) is 9.69 Å². The number of nitrogens with zero attached hydrogens (tertiary/aromatic N) is 2. The van der Waals surface area contributed by atoms with Crippen LogP contribution in [0.15, 0.2) is 12.7 Å².